The lowest BCUT2D eigenvalue weighted by Gasteiger charge is -2.25. The van der Waals surface area contributed by atoms with Crippen LogP contribution in [-0.4, -0.2) is 60.5 Å². The first-order valence-electron chi connectivity index (χ1n) is 8.62. The molecule has 6 nitrogen and oxygen atoms in total. The SMILES string of the molecule is CN1C(=O)c2ccccc2OC2CN(C(=O)COc3ccccc3)CC21. The molecule has 1 saturated heterocycles. The second-order valence-electron chi connectivity index (χ2n) is 6.54. The Morgan fingerprint density at radius 1 is 1.12 bits per heavy atom. The van der Waals surface area contributed by atoms with Crippen LogP contribution in [0.1, 0.15) is 10.4 Å². The number of hydrogen-bond donors (Lipinski definition) is 0. The molecule has 2 aromatic carbocycles. The normalized spacial score (nSPS) is 21.5. The van der Waals surface area contributed by atoms with Gasteiger partial charge < -0.3 is 19.3 Å². The van der Waals surface area contributed by atoms with Gasteiger partial charge in [-0.3, -0.25) is 9.59 Å². The third-order valence-electron chi connectivity index (χ3n) is 4.91. The molecule has 0 N–H and O–H groups in total. The molecule has 26 heavy (non-hydrogen) atoms. The minimum atomic E-state index is -0.242. The molecule has 2 aromatic rings. The van der Waals surface area contributed by atoms with Gasteiger partial charge in [0.2, 0.25) is 0 Å². The van der Waals surface area contributed by atoms with Gasteiger partial charge in [-0.25, -0.2) is 0 Å². The van der Waals surface area contributed by atoms with E-state index in [1.54, 1.807) is 29.0 Å². The molecule has 2 amide bonds. The van der Waals surface area contributed by atoms with Gasteiger partial charge >= 0.3 is 0 Å². The smallest absolute Gasteiger partial charge is 0.260 e. The predicted octanol–water partition coefficient (Wildman–Crippen LogP) is 1.81. The van der Waals surface area contributed by atoms with Gasteiger partial charge in [0.1, 0.15) is 17.6 Å². The van der Waals surface area contributed by atoms with E-state index in [9.17, 15) is 9.59 Å². The lowest BCUT2D eigenvalue weighted by Crippen LogP contribution is -2.44. The van der Waals surface area contributed by atoms with Crippen molar-refractivity contribution in [3.8, 4) is 11.5 Å². The van der Waals surface area contributed by atoms with Gasteiger partial charge in [-0.15, -0.1) is 0 Å². The van der Waals surface area contributed by atoms with Gasteiger partial charge in [-0.2, -0.15) is 0 Å². The van der Waals surface area contributed by atoms with Crippen molar-refractivity contribution in [2.75, 3.05) is 26.7 Å². The largest absolute Gasteiger partial charge is 0.486 e. The van der Waals surface area contributed by atoms with Gasteiger partial charge in [0, 0.05) is 13.6 Å². The molecule has 0 saturated carbocycles. The number of rotatable bonds is 3. The lowest BCUT2D eigenvalue weighted by atomic mass is 10.1. The van der Waals surface area contributed by atoms with E-state index in [1.165, 1.54) is 0 Å². The number of amides is 2. The highest BCUT2D eigenvalue weighted by atomic mass is 16.5. The number of carbonyl (C=O) groups is 2. The molecule has 0 aromatic heterocycles. The Morgan fingerprint density at radius 2 is 1.85 bits per heavy atom. The Balaban J connectivity index is 1.46. The van der Waals surface area contributed by atoms with Crippen molar-refractivity contribution >= 4 is 11.8 Å². The number of fused-ring (bicyclic) bond motifs is 2. The lowest BCUT2D eigenvalue weighted by molar-refractivity contribution is -0.132. The first-order chi connectivity index (χ1) is 12.6. The zero-order chi connectivity index (χ0) is 18.1. The summed E-state index contributed by atoms with van der Waals surface area (Å²) in [5.41, 5.74) is 0.565. The number of carbonyl (C=O) groups excluding carboxylic acids is 2. The highest BCUT2D eigenvalue weighted by Crippen LogP contribution is 2.30. The van der Waals surface area contributed by atoms with E-state index >= 15 is 0 Å². The van der Waals surface area contributed by atoms with E-state index in [0.29, 0.717) is 30.2 Å². The Hall–Kier alpha value is -3.02. The van der Waals surface area contributed by atoms with Gasteiger partial charge in [-0.1, -0.05) is 30.3 Å². The number of benzene rings is 2. The molecule has 4 rings (SSSR count). The van der Waals surface area contributed by atoms with Crippen molar-refractivity contribution in [1.82, 2.24) is 9.80 Å². The topological polar surface area (TPSA) is 59.1 Å². The van der Waals surface area contributed by atoms with E-state index in [2.05, 4.69) is 0 Å². The van der Waals surface area contributed by atoms with E-state index in [4.69, 9.17) is 9.47 Å². The van der Waals surface area contributed by atoms with Crippen molar-refractivity contribution in [2.24, 2.45) is 0 Å². The van der Waals surface area contributed by atoms with Gasteiger partial charge in [-0.05, 0) is 24.3 Å². The Morgan fingerprint density at radius 3 is 2.65 bits per heavy atom. The molecular formula is C20H20N2O4. The summed E-state index contributed by atoms with van der Waals surface area (Å²) in [6, 6.07) is 16.3. The maximum absolute atomic E-state index is 12.7. The summed E-state index contributed by atoms with van der Waals surface area (Å²) in [7, 11) is 1.76. The highest BCUT2D eigenvalue weighted by molar-refractivity contribution is 5.97. The standard InChI is InChI=1S/C20H20N2O4/c1-21-16-11-22(19(23)13-25-14-7-3-2-4-8-14)12-18(16)26-17-10-6-5-9-15(17)20(21)24/h2-10,16,18H,11-13H2,1H3. The van der Waals surface area contributed by atoms with Crippen LogP contribution in [-0.2, 0) is 4.79 Å². The van der Waals surface area contributed by atoms with Gasteiger partial charge in [0.25, 0.3) is 11.8 Å². The molecule has 1 fully saturated rings. The number of hydrogen-bond acceptors (Lipinski definition) is 4. The number of ether oxygens (including phenoxy) is 2. The zero-order valence-corrected chi connectivity index (χ0v) is 14.5. The monoisotopic (exact) mass is 352 g/mol. The van der Waals surface area contributed by atoms with Crippen molar-refractivity contribution < 1.29 is 19.1 Å². The molecule has 0 radical (unpaired) electrons. The van der Waals surface area contributed by atoms with Crippen molar-refractivity contribution in [3.63, 3.8) is 0 Å². The summed E-state index contributed by atoms with van der Waals surface area (Å²) in [5, 5.41) is 0. The molecule has 2 aliphatic rings. The van der Waals surface area contributed by atoms with E-state index in [1.807, 2.05) is 42.5 Å². The molecule has 6 heteroatoms. The van der Waals surface area contributed by atoms with Crippen molar-refractivity contribution in [2.45, 2.75) is 12.1 Å². The van der Waals surface area contributed by atoms with Crippen LogP contribution in [0.2, 0.25) is 0 Å². The summed E-state index contributed by atoms with van der Waals surface area (Å²) < 4.78 is 11.6. The predicted molar refractivity (Wildman–Crippen MR) is 95.3 cm³/mol. The molecule has 2 aliphatic heterocycles. The van der Waals surface area contributed by atoms with Gasteiger partial charge in [0.05, 0.1) is 18.2 Å². The van der Waals surface area contributed by atoms with Crippen LogP contribution >= 0.6 is 0 Å². The van der Waals surface area contributed by atoms with E-state index in [0.717, 1.165) is 0 Å². The summed E-state index contributed by atoms with van der Waals surface area (Å²) in [5.74, 6) is 1.04. The number of para-hydroxylation sites is 2. The van der Waals surface area contributed by atoms with Crippen LogP contribution in [0.4, 0.5) is 0 Å². The van der Waals surface area contributed by atoms with Crippen LogP contribution in [0, 0.1) is 0 Å². The zero-order valence-electron chi connectivity index (χ0n) is 14.5. The second kappa shape index (κ2) is 6.71. The fraction of sp³-hybridized carbons (Fsp3) is 0.300. The average Bonchev–Trinajstić information content (AvgIpc) is 3.06. The molecule has 0 aliphatic carbocycles. The third-order valence-corrected chi connectivity index (χ3v) is 4.91. The maximum atomic E-state index is 12.7. The minimum Gasteiger partial charge on any atom is -0.486 e. The average molecular weight is 352 g/mol. The van der Waals surface area contributed by atoms with Crippen LogP contribution in [0.3, 0.4) is 0 Å². The molecule has 134 valence electrons. The Bertz CT molecular complexity index is 824. The van der Waals surface area contributed by atoms with Crippen LogP contribution in [0.5, 0.6) is 11.5 Å². The first kappa shape index (κ1) is 16.4. The quantitative estimate of drug-likeness (QED) is 0.845. The van der Waals surface area contributed by atoms with E-state index in [-0.39, 0.29) is 30.6 Å². The van der Waals surface area contributed by atoms with E-state index < -0.39 is 0 Å². The summed E-state index contributed by atoms with van der Waals surface area (Å²) in [6.45, 7) is 0.850. The number of nitrogens with zero attached hydrogens (tertiary/aromatic N) is 2. The molecule has 2 heterocycles. The van der Waals surface area contributed by atoms with Crippen molar-refractivity contribution in [1.29, 1.82) is 0 Å². The Labute approximate surface area is 151 Å². The fourth-order valence-corrected chi connectivity index (χ4v) is 3.45. The summed E-state index contributed by atoms with van der Waals surface area (Å²) >= 11 is 0. The Kier molecular flexibility index (Phi) is 4.24. The molecule has 0 bridgehead atoms. The molecule has 0 spiro atoms. The maximum Gasteiger partial charge on any atom is 0.260 e. The minimum absolute atomic E-state index is 0.0301. The highest BCUT2D eigenvalue weighted by Gasteiger charge is 2.43. The summed E-state index contributed by atoms with van der Waals surface area (Å²) in [6.07, 6.45) is -0.242. The second-order valence-corrected chi connectivity index (χ2v) is 6.54. The molecule has 2 atom stereocenters. The van der Waals surface area contributed by atoms with Gasteiger partial charge in [0.15, 0.2) is 6.61 Å². The number of likely N-dealkylation sites (tertiary alicyclic amines) is 1. The molecular weight excluding hydrogens is 332 g/mol. The summed E-state index contributed by atoms with van der Waals surface area (Å²) in [4.78, 5) is 28.6. The van der Waals surface area contributed by atoms with Crippen LogP contribution < -0.4 is 9.47 Å². The fourth-order valence-electron chi connectivity index (χ4n) is 3.45. The van der Waals surface area contributed by atoms with Crippen molar-refractivity contribution in [3.05, 3.63) is 60.2 Å². The first-order valence-corrected chi connectivity index (χ1v) is 8.62. The molecule has 2 unspecified atom stereocenters. The van der Waals surface area contributed by atoms with Crippen LogP contribution in [0.15, 0.2) is 54.6 Å². The third kappa shape index (κ3) is 2.98. The van der Waals surface area contributed by atoms with Crippen LogP contribution in [0.25, 0.3) is 0 Å². The number of likely N-dealkylation sites (N-methyl/N-ethyl adjacent to an activating group) is 1.